The van der Waals surface area contributed by atoms with Crippen LogP contribution in [0.3, 0.4) is 0 Å². The van der Waals surface area contributed by atoms with Gasteiger partial charge < -0.3 is 5.11 Å². The van der Waals surface area contributed by atoms with Crippen molar-refractivity contribution in [3.8, 4) is 0 Å². The van der Waals surface area contributed by atoms with Crippen LogP contribution in [0.25, 0.3) is 6.08 Å². The maximum absolute atomic E-state index is 10.4. The maximum Gasteiger partial charge on any atom is 0.409 e. The van der Waals surface area contributed by atoms with E-state index >= 15 is 0 Å². The second kappa shape index (κ2) is 6.34. The summed E-state index contributed by atoms with van der Waals surface area (Å²) in [5.74, 6) is 0. The zero-order valence-electron chi connectivity index (χ0n) is 10.2. The van der Waals surface area contributed by atoms with Crippen molar-refractivity contribution in [1.82, 2.24) is 15.0 Å². The molecule has 0 atom stereocenters. The maximum atomic E-state index is 10.4. The Balaban J connectivity index is 1.83. The van der Waals surface area contributed by atoms with Crippen molar-refractivity contribution < 1.29 is 9.90 Å². The highest BCUT2D eigenvalue weighted by molar-refractivity contribution is 5.82. The van der Waals surface area contributed by atoms with Crippen LogP contribution in [0.1, 0.15) is 12.0 Å². The monoisotopic (exact) mass is 258 g/mol. The van der Waals surface area contributed by atoms with Gasteiger partial charge in [0, 0.05) is 18.4 Å². The number of aryl methyl sites for hydroxylation is 1. The van der Waals surface area contributed by atoms with Gasteiger partial charge in [0.15, 0.2) is 0 Å². The van der Waals surface area contributed by atoms with E-state index in [4.69, 9.17) is 5.11 Å². The van der Waals surface area contributed by atoms with Gasteiger partial charge in [-0.1, -0.05) is 29.5 Å². The summed E-state index contributed by atoms with van der Waals surface area (Å²) in [6.07, 6.45) is 7.30. The molecule has 0 aliphatic heterocycles. The average molecular weight is 258 g/mol. The second-order valence-electron chi connectivity index (χ2n) is 3.91. The van der Waals surface area contributed by atoms with Crippen LogP contribution in [-0.4, -0.2) is 26.2 Å². The first-order valence-electron chi connectivity index (χ1n) is 5.85. The molecular weight excluding hydrogens is 244 g/mol. The van der Waals surface area contributed by atoms with Gasteiger partial charge in [-0.3, -0.25) is 10.00 Å². The molecule has 0 spiro atoms. The fourth-order valence-electron chi connectivity index (χ4n) is 1.58. The Hall–Kier alpha value is -2.63. The van der Waals surface area contributed by atoms with E-state index < -0.39 is 6.09 Å². The molecule has 6 heteroatoms. The van der Waals surface area contributed by atoms with Gasteiger partial charge in [-0.2, -0.15) is 0 Å². The Labute approximate surface area is 110 Å². The van der Waals surface area contributed by atoms with E-state index in [1.54, 1.807) is 23.0 Å². The molecule has 2 aromatic rings. The molecule has 0 aliphatic carbocycles. The fraction of sp³-hybridized carbons (Fsp3) is 0.154. The SMILES string of the molecule is O=C(O)Nc1ccc(C=CCCn2ccnn2)cc1. The molecule has 2 N–H and O–H groups in total. The number of allylic oxidation sites excluding steroid dienone is 1. The van der Waals surface area contributed by atoms with Crippen molar-refractivity contribution in [2.45, 2.75) is 13.0 Å². The van der Waals surface area contributed by atoms with Crippen LogP contribution in [0.15, 0.2) is 42.7 Å². The summed E-state index contributed by atoms with van der Waals surface area (Å²) in [5, 5.41) is 18.4. The Kier molecular flexibility index (Phi) is 4.28. The zero-order chi connectivity index (χ0) is 13.5. The standard InChI is InChI=1S/C13H14N4O2/c18-13(19)15-12-6-4-11(5-7-12)3-1-2-9-17-10-8-14-16-17/h1,3-8,10,15H,2,9H2,(H,18,19). The first kappa shape index (κ1) is 12.8. The van der Waals surface area contributed by atoms with Crippen LogP contribution < -0.4 is 5.32 Å². The lowest BCUT2D eigenvalue weighted by atomic mass is 10.2. The Morgan fingerprint density at radius 3 is 2.79 bits per heavy atom. The number of aromatic nitrogens is 3. The van der Waals surface area contributed by atoms with Gasteiger partial charge in [0.25, 0.3) is 0 Å². The molecule has 0 unspecified atom stereocenters. The molecule has 0 saturated carbocycles. The predicted molar refractivity (Wildman–Crippen MR) is 71.8 cm³/mol. The van der Waals surface area contributed by atoms with E-state index in [-0.39, 0.29) is 0 Å². The van der Waals surface area contributed by atoms with Crippen LogP contribution in [-0.2, 0) is 6.54 Å². The van der Waals surface area contributed by atoms with Gasteiger partial charge in [-0.25, -0.2) is 4.79 Å². The Bertz CT molecular complexity index is 547. The minimum atomic E-state index is -1.06. The summed E-state index contributed by atoms with van der Waals surface area (Å²) in [7, 11) is 0. The lowest BCUT2D eigenvalue weighted by Crippen LogP contribution is -2.06. The number of carboxylic acid groups (broad SMARTS) is 1. The summed E-state index contributed by atoms with van der Waals surface area (Å²) in [5.41, 5.74) is 1.58. The smallest absolute Gasteiger partial charge is 0.409 e. The van der Waals surface area contributed by atoms with Gasteiger partial charge in [0.2, 0.25) is 0 Å². The lowest BCUT2D eigenvalue weighted by molar-refractivity contribution is 0.210. The molecular formula is C13H14N4O2. The first-order valence-corrected chi connectivity index (χ1v) is 5.85. The van der Waals surface area contributed by atoms with E-state index in [1.807, 2.05) is 30.5 Å². The molecule has 19 heavy (non-hydrogen) atoms. The molecule has 1 heterocycles. The van der Waals surface area contributed by atoms with Crippen molar-refractivity contribution in [3.05, 3.63) is 48.3 Å². The third-order valence-corrected chi connectivity index (χ3v) is 2.47. The van der Waals surface area contributed by atoms with Crippen molar-refractivity contribution >= 4 is 17.9 Å². The highest BCUT2D eigenvalue weighted by Gasteiger charge is 1.96. The average Bonchev–Trinajstić information content (AvgIpc) is 2.89. The summed E-state index contributed by atoms with van der Waals surface area (Å²) in [4.78, 5) is 10.4. The summed E-state index contributed by atoms with van der Waals surface area (Å²) in [6, 6.07) is 7.17. The number of hydrogen-bond acceptors (Lipinski definition) is 3. The third-order valence-electron chi connectivity index (χ3n) is 2.47. The van der Waals surface area contributed by atoms with Crippen LogP contribution >= 0.6 is 0 Å². The van der Waals surface area contributed by atoms with Gasteiger partial charge in [0.05, 0.1) is 6.20 Å². The van der Waals surface area contributed by atoms with Crippen molar-refractivity contribution in [1.29, 1.82) is 0 Å². The van der Waals surface area contributed by atoms with Crippen LogP contribution in [0.4, 0.5) is 10.5 Å². The third kappa shape index (κ3) is 4.27. The normalized spacial score (nSPS) is 10.7. The highest BCUT2D eigenvalue weighted by atomic mass is 16.4. The van der Waals surface area contributed by atoms with Gasteiger partial charge in [-0.15, -0.1) is 5.10 Å². The molecule has 0 radical (unpaired) electrons. The molecule has 0 saturated heterocycles. The van der Waals surface area contributed by atoms with E-state index in [0.29, 0.717) is 5.69 Å². The summed E-state index contributed by atoms with van der Waals surface area (Å²) < 4.78 is 1.77. The second-order valence-corrected chi connectivity index (χ2v) is 3.91. The summed E-state index contributed by atoms with van der Waals surface area (Å²) in [6.45, 7) is 0.787. The summed E-state index contributed by atoms with van der Waals surface area (Å²) >= 11 is 0. The minimum absolute atomic E-state index is 0.562. The van der Waals surface area contributed by atoms with Gasteiger partial charge in [0.1, 0.15) is 0 Å². The number of nitrogens with zero attached hydrogens (tertiary/aromatic N) is 3. The molecule has 1 aromatic carbocycles. The number of benzene rings is 1. The Morgan fingerprint density at radius 1 is 1.37 bits per heavy atom. The van der Waals surface area contributed by atoms with Crippen molar-refractivity contribution in [2.75, 3.05) is 5.32 Å². The molecule has 2 rings (SSSR count). The molecule has 98 valence electrons. The lowest BCUT2D eigenvalue weighted by Gasteiger charge is -2.00. The minimum Gasteiger partial charge on any atom is -0.465 e. The van der Waals surface area contributed by atoms with Crippen molar-refractivity contribution in [3.63, 3.8) is 0 Å². The number of hydrogen-bond donors (Lipinski definition) is 2. The molecule has 1 amide bonds. The van der Waals surface area contributed by atoms with Crippen LogP contribution in [0.5, 0.6) is 0 Å². The van der Waals surface area contributed by atoms with Gasteiger partial charge >= 0.3 is 6.09 Å². The highest BCUT2D eigenvalue weighted by Crippen LogP contribution is 2.11. The Morgan fingerprint density at radius 2 is 2.16 bits per heavy atom. The van der Waals surface area contributed by atoms with Gasteiger partial charge in [-0.05, 0) is 24.1 Å². The number of anilines is 1. The zero-order valence-corrected chi connectivity index (χ0v) is 10.2. The van der Waals surface area contributed by atoms with E-state index in [1.165, 1.54) is 0 Å². The number of nitrogens with one attached hydrogen (secondary N) is 1. The molecule has 6 nitrogen and oxygen atoms in total. The molecule has 0 aliphatic rings. The largest absolute Gasteiger partial charge is 0.465 e. The van der Waals surface area contributed by atoms with E-state index in [0.717, 1.165) is 18.5 Å². The molecule has 0 fully saturated rings. The van der Waals surface area contributed by atoms with E-state index in [2.05, 4.69) is 15.6 Å². The molecule has 1 aromatic heterocycles. The van der Waals surface area contributed by atoms with Crippen LogP contribution in [0, 0.1) is 0 Å². The predicted octanol–water partition coefficient (Wildman–Crippen LogP) is 2.47. The number of carbonyl (C=O) groups is 1. The fourth-order valence-corrected chi connectivity index (χ4v) is 1.58. The van der Waals surface area contributed by atoms with Crippen LogP contribution in [0.2, 0.25) is 0 Å². The topological polar surface area (TPSA) is 80.0 Å². The molecule has 0 bridgehead atoms. The first-order chi connectivity index (χ1) is 9.24. The number of rotatable bonds is 5. The van der Waals surface area contributed by atoms with Crippen molar-refractivity contribution in [2.24, 2.45) is 0 Å². The number of amides is 1. The van der Waals surface area contributed by atoms with E-state index in [9.17, 15) is 4.79 Å². The quantitative estimate of drug-likeness (QED) is 0.863.